The highest BCUT2D eigenvalue weighted by molar-refractivity contribution is 6.04. The van der Waals surface area contributed by atoms with Crippen molar-refractivity contribution in [1.29, 1.82) is 0 Å². The summed E-state index contributed by atoms with van der Waals surface area (Å²) in [5.41, 5.74) is 5.69. The van der Waals surface area contributed by atoms with Crippen LogP contribution in [-0.2, 0) is 14.3 Å². The van der Waals surface area contributed by atoms with Crippen LogP contribution in [0.5, 0.6) is 0 Å². The molecule has 1 aliphatic heterocycles. The molecular weight excluding hydrogens is 441 g/mol. The van der Waals surface area contributed by atoms with Crippen molar-refractivity contribution in [2.24, 2.45) is 0 Å². The lowest BCUT2D eigenvalue weighted by Crippen LogP contribution is -2.37. The summed E-state index contributed by atoms with van der Waals surface area (Å²) in [4.78, 5) is 27.1. The summed E-state index contributed by atoms with van der Waals surface area (Å²) in [5, 5.41) is 3.40. The van der Waals surface area contributed by atoms with Gasteiger partial charge in [0.05, 0.1) is 5.57 Å². The maximum atomic E-state index is 13.8. The number of hydrogen-bond acceptors (Lipinski definition) is 4. The van der Waals surface area contributed by atoms with E-state index in [9.17, 15) is 14.0 Å². The summed E-state index contributed by atoms with van der Waals surface area (Å²) < 4.78 is 19.7. The number of halogens is 1. The first-order valence-electron chi connectivity index (χ1n) is 12.7. The number of ether oxygens (including phenoxy) is 1. The number of nitrogens with one attached hydrogen (secondary N) is 1. The fraction of sp³-hybridized carbons (Fsp3) is 0.400. The molecule has 0 saturated heterocycles. The van der Waals surface area contributed by atoms with E-state index in [-0.39, 0.29) is 29.6 Å². The van der Waals surface area contributed by atoms with Crippen molar-refractivity contribution in [2.75, 3.05) is 0 Å². The molecule has 2 aromatic carbocycles. The zero-order chi connectivity index (χ0) is 24.5. The Morgan fingerprint density at radius 3 is 2.26 bits per heavy atom. The van der Waals surface area contributed by atoms with Crippen LogP contribution in [0.2, 0.25) is 0 Å². The minimum absolute atomic E-state index is 0.0223. The zero-order valence-electron chi connectivity index (χ0n) is 20.4. The minimum Gasteiger partial charge on any atom is -0.459 e. The largest absolute Gasteiger partial charge is 0.459 e. The summed E-state index contributed by atoms with van der Waals surface area (Å²) in [6, 6.07) is 14.5. The van der Waals surface area contributed by atoms with Crippen molar-refractivity contribution < 1.29 is 18.7 Å². The van der Waals surface area contributed by atoms with E-state index in [0.717, 1.165) is 42.5 Å². The topological polar surface area (TPSA) is 55.4 Å². The molecule has 1 heterocycles. The molecule has 1 N–H and O–H groups in total. The number of ketones is 1. The van der Waals surface area contributed by atoms with Gasteiger partial charge in [0, 0.05) is 29.3 Å². The quantitative estimate of drug-likeness (QED) is 0.524. The van der Waals surface area contributed by atoms with E-state index < -0.39 is 5.92 Å². The number of dihydropyridines is 1. The van der Waals surface area contributed by atoms with Gasteiger partial charge >= 0.3 is 5.97 Å². The number of benzene rings is 2. The molecule has 0 amide bonds. The lowest BCUT2D eigenvalue weighted by molar-refractivity contribution is -0.146. The molecule has 2 aliphatic carbocycles. The second-order valence-electron chi connectivity index (χ2n) is 10.1. The Labute approximate surface area is 206 Å². The molecule has 3 aliphatic rings. The highest BCUT2D eigenvalue weighted by Gasteiger charge is 2.41. The number of hydrogen-bond donors (Lipinski definition) is 1. The van der Waals surface area contributed by atoms with Crippen LogP contribution >= 0.6 is 0 Å². The number of rotatable bonds is 4. The molecule has 0 radical (unpaired) electrons. The summed E-state index contributed by atoms with van der Waals surface area (Å²) in [6.45, 7) is 3.92. The van der Waals surface area contributed by atoms with Crippen LogP contribution in [-0.4, -0.2) is 17.9 Å². The van der Waals surface area contributed by atoms with Gasteiger partial charge in [-0.3, -0.25) is 4.79 Å². The highest BCUT2D eigenvalue weighted by atomic mass is 19.1. The number of aryl methyl sites for hydroxylation is 1. The van der Waals surface area contributed by atoms with Gasteiger partial charge in [-0.25, -0.2) is 9.18 Å². The van der Waals surface area contributed by atoms with Gasteiger partial charge in [-0.2, -0.15) is 0 Å². The molecular formula is C30H32FNO3. The summed E-state index contributed by atoms with van der Waals surface area (Å²) >= 11 is 0. The molecule has 182 valence electrons. The van der Waals surface area contributed by atoms with Gasteiger partial charge in [0.15, 0.2) is 5.78 Å². The van der Waals surface area contributed by atoms with Crippen molar-refractivity contribution in [3.05, 3.63) is 93.6 Å². The average molecular weight is 474 g/mol. The third kappa shape index (κ3) is 4.82. The van der Waals surface area contributed by atoms with Crippen LogP contribution in [0.15, 0.2) is 71.1 Å². The molecule has 5 heteroatoms. The Balaban J connectivity index is 1.51. The summed E-state index contributed by atoms with van der Waals surface area (Å²) in [5.74, 6) is -1.19. The van der Waals surface area contributed by atoms with E-state index in [0.29, 0.717) is 29.7 Å². The maximum absolute atomic E-state index is 13.8. The Morgan fingerprint density at radius 2 is 1.57 bits per heavy atom. The molecule has 2 unspecified atom stereocenters. The standard InChI is InChI=1S/C30H32FNO3/c1-18-8-10-20(11-9-18)22-16-25-29(26(33)17-22)28(21-12-14-23(31)15-13-21)27(19(2)32-25)30(34)35-24-6-4-3-5-7-24/h8-15,22,24,28,32H,3-7,16-17H2,1-2H3. The van der Waals surface area contributed by atoms with E-state index in [4.69, 9.17) is 4.74 Å². The van der Waals surface area contributed by atoms with Crippen LogP contribution < -0.4 is 5.32 Å². The summed E-state index contributed by atoms with van der Waals surface area (Å²) in [6.07, 6.45) is 6.01. The Morgan fingerprint density at radius 1 is 0.914 bits per heavy atom. The molecule has 0 bridgehead atoms. The summed E-state index contributed by atoms with van der Waals surface area (Å²) in [7, 11) is 0. The lowest BCUT2D eigenvalue weighted by atomic mass is 9.71. The molecule has 4 nitrogen and oxygen atoms in total. The molecule has 0 spiro atoms. The minimum atomic E-state index is -0.561. The van der Waals surface area contributed by atoms with E-state index >= 15 is 0 Å². The predicted octanol–water partition coefficient (Wildman–Crippen LogP) is 6.37. The third-order valence-electron chi connectivity index (χ3n) is 7.63. The number of esters is 1. The van der Waals surface area contributed by atoms with Gasteiger partial charge < -0.3 is 10.1 Å². The first-order chi connectivity index (χ1) is 16.9. The smallest absolute Gasteiger partial charge is 0.337 e. The van der Waals surface area contributed by atoms with Crippen LogP contribution in [0.1, 0.15) is 80.4 Å². The predicted molar refractivity (Wildman–Crippen MR) is 133 cm³/mol. The van der Waals surface area contributed by atoms with Gasteiger partial charge in [-0.15, -0.1) is 0 Å². The molecule has 1 fully saturated rings. The van der Waals surface area contributed by atoms with Gasteiger partial charge in [0.25, 0.3) is 0 Å². The number of carbonyl (C=O) groups excluding carboxylic acids is 2. The Bertz CT molecular complexity index is 1190. The van der Waals surface area contributed by atoms with Crippen LogP contribution in [0.4, 0.5) is 4.39 Å². The monoisotopic (exact) mass is 473 g/mol. The average Bonchev–Trinajstić information content (AvgIpc) is 2.84. The van der Waals surface area contributed by atoms with Crippen LogP contribution in [0.3, 0.4) is 0 Å². The van der Waals surface area contributed by atoms with Gasteiger partial charge in [-0.1, -0.05) is 48.4 Å². The first kappa shape index (κ1) is 23.5. The molecule has 35 heavy (non-hydrogen) atoms. The lowest BCUT2D eigenvalue weighted by Gasteiger charge is -2.37. The van der Waals surface area contributed by atoms with Crippen molar-refractivity contribution in [2.45, 2.75) is 76.7 Å². The number of Topliss-reactive ketones (excluding diaryl/α,β-unsaturated/α-hetero) is 1. The van der Waals surface area contributed by atoms with Crippen LogP contribution in [0.25, 0.3) is 0 Å². The van der Waals surface area contributed by atoms with Gasteiger partial charge in [0.1, 0.15) is 11.9 Å². The van der Waals surface area contributed by atoms with Crippen molar-refractivity contribution in [1.82, 2.24) is 5.32 Å². The SMILES string of the molecule is CC1=C(C(=O)OC2CCCCC2)C(c2ccc(F)cc2)C2=C(CC(c3ccc(C)cc3)CC2=O)N1. The number of allylic oxidation sites excluding steroid dienone is 3. The van der Waals surface area contributed by atoms with E-state index in [1.807, 2.05) is 6.92 Å². The van der Waals surface area contributed by atoms with E-state index in [1.54, 1.807) is 12.1 Å². The Hall–Kier alpha value is -3.21. The van der Waals surface area contributed by atoms with Crippen molar-refractivity contribution >= 4 is 11.8 Å². The fourth-order valence-corrected chi connectivity index (χ4v) is 5.77. The van der Waals surface area contributed by atoms with Crippen molar-refractivity contribution in [3.8, 4) is 0 Å². The third-order valence-corrected chi connectivity index (χ3v) is 7.63. The highest BCUT2D eigenvalue weighted by Crippen LogP contribution is 2.46. The van der Waals surface area contributed by atoms with Crippen molar-refractivity contribution in [3.63, 3.8) is 0 Å². The second kappa shape index (κ2) is 9.80. The maximum Gasteiger partial charge on any atom is 0.337 e. The fourth-order valence-electron chi connectivity index (χ4n) is 5.77. The zero-order valence-corrected chi connectivity index (χ0v) is 20.4. The molecule has 0 aromatic heterocycles. The van der Waals surface area contributed by atoms with E-state index in [2.05, 4.69) is 36.5 Å². The molecule has 5 rings (SSSR count). The van der Waals surface area contributed by atoms with Crippen LogP contribution in [0, 0.1) is 12.7 Å². The molecule has 1 saturated carbocycles. The first-order valence-corrected chi connectivity index (χ1v) is 12.7. The van der Waals surface area contributed by atoms with E-state index in [1.165, 1.54) is 24.1 Å². The van der Waals surface area contributed by atoms with Gasteiger partial charge in [-0.05, 0) is 75.1 Å². The number of carbonyl (C=O) groups is 2. The second-order valence-corrected chi connectivity index (χ2v) is 10.1. The normalized spacial score (nSPS) is 23.1. The molecule has 2 atom stereocenters. The Kier molecular flexibility index (Phi) is 6.59. The molecule has 2 aromatic rings. The van der Waals surface area contributed by atoms with Gasteiger partial charge in [0.2, 0.25) is 0 Å².